The fourth-order valence-electron chi connectivity index (χ4n) is 0.990. The lowest BCUT2D eigenvalue weighted by Crippen LogP contribution is -2.00. The standard InChI is InChI=1S/C8H12N2OS/c1-11-4-7-5-12-8(10-7)9-6-2-3-6/h5-6H,2-4H2,1H3,(H,9,10). The molecule has 1 aliphatic rings. The van der Waals surface area contributed by atoms with Crippen LogP contribution in [-0.2, 0) is 11.3 Å². The minimum Gasteiger partial charge on any atom is -0.378 e. The summed E-state index contributed by atoms with van der Waals surface area (Å²) in [6.07, 6.45) is 2.58. The molecular weight excluding hydrogens is 172 g/mol. The minimum atomic E-state index is 0.614. The second kappa shape index (κ2) is 3.41. The van der Waals surface area contributed by atoms with Crippen LogP contribution in [0.25, 0.3) is 0 Å². The van der Waals surface area contributed by atoms with Crippen LogP contribution in [0.3, 0.4) is 0 Å². The maximum atomic E-state index is 4.98. The molecule has 1 heterocycles. The van der Waals surface area contributed by atoms with Gasteiger partial charge in [-0.05, 0) is 12.8 Å². The van der Waals surface area contributed by atoms with Crippen molar-refractivity contribution >= 4 is 16.5 Å². The fraction of sp³-hybridized carbons (Fsp3) is 0.625. The molecule has 0 saturated heterocycles. The third kappa shape index (κ3) is 1.95. The van der Waals surface area contributed by atoms with Crippen molar-refractivity contribution in [3.63, 3.8) is 0 Å². The normalized spacial score (nSPS) is 16.4. The first-order valence-electron chi connectivity index (χ1n) is 4.08. The highest BCUT2D eigenvalue weighted by Crippen LogP contribution is 2.26. The number of hydrogen-bond acceptors (Lipinski definition) is 4. The number of nitrogens with zero attached hydrogens (tertiary/aromatic N) is 1. The van der Waals surface area contributed by atoms with Gasteiger partial charge in [0.15, 0.2) is 5.13 Å². The van der Waals surface area contributed by atoms with Crippen LogP contribution in [0.4, 0.5) is 5.13 Å². The van der Waals surface area contributed by atoms with Crippen molar-refractivity contribution in [3.8, 4) is 0 Å². The van der Waals surface area contributed by atoms with Gasteiger partial charge in [0.2, 0.25) is 0 Å². The van der Waals surface area contributed by atoms with Crippen LogP contribution in [0, 0.1) is 0 Å². The number of rotatable bonds is 4. The van der Waals surface area contributed by atoms with Gasteiger partial charge in [0, 0.05) is 18.5 Å². The monoisotopic (exact) mass is 184 g/mol. The van der Waals surface area contributed by atoms with E-state index in [4.69, 9.17) is 4.74 Å². The van der Waals surface area contributed by atoms with E-state index in [0.29, 0.717) is 12.6 Å². The van der Waals surface area contributed by atoms with E-state index in [2.05, 4.69) is 10.3 Å². The van der Waals surface area contributed by atoms with E-state index >= 15 is 0 Å². The van der Waals surface area contributed by atoms with E-state index in [1.54, 1.807) is 18.4 Å². The lowest BCUT2D eigenvalue weighted by atomic mass is 10.5. The molecule has 0 spiro atoms. The Labute approximate surface area is 75.8 Å². The van der Waals surface area contributed by atoms with Gasteiger partial charge in [0.1, 0.15) is 0 Å². The van der Waals surface area contributed by atoms with Gasteiger partial charge in [-0.3, -0.25) is 0 Å². The van der Waals surface area contributed by atoms with E-state index < -0.39 is 0 Å². The van der Waals surface area contributed by atoms with E-state index in [0.717, 1.165) is 10.8 Å². The summed E-state index contributed by atoms with van der Waals surface area (Å²) in [5, 5.41) is 6.41. The lowest BCUT2D eigenvalue weighted by Gasteiger charge is -1.96. The van der Waals surface area contributed by atoms with Crippen LogP contribution >= 0.6 is 11.3 Å². The van der Waals surface area contributed by atoms with Crippen molar-refractivity contribution in [1.82, 2.24) is 4.98 Å². The molecule has 12 heavy (non-hydrogen) atoms. The summed E-state index contributed by atoms with van der Waals surface area (Å²) in [5.41, 5.74) is 1.02. The maximum Gasteiger partial charge on any atom is 0.183 e. The van der Waals surface area contributed by atoms with Crippen molar-refractivity contribution in [2.24, 2.45) is 0 Å². The molecule has 1 aromatic heterocycles. The second-order valence-electron chi connectivity index (χ2n) is 3.00. The summed E-state index contributed by atoms with van der Waals surface area (Å²) in [7, 11) is 1.69. The zero-order valence-electron chi connectivity index (χ0n) is 7.04. The molecule has 1 fully saturated rings. The maximum absolute atomic E-state index is 4.98. The zero-order chi connectivity index (χ0) is 8.39. The largest absolute Gasteiger partial charge is 0.378 e. The average Bonchev–Trinajstić information content (AvgIpc) is 2.74. The molecule has 0 aliphatic heterocycles. The van der Waals surface area contributed by atoms with Crippen LogP contribution in [0.1, 0.15) is 18.5 Å². The van der Waals surface area contributed by atoms with Gasteiger partial charge in [0.25, 0.3) is 0 Å². The summed E-state index contributed by atoms with van der Waals surface area (Å²) in [6, 6.07) is 0.687. The van der Waals surface area contributed by atoms with Crippen LogP contribution in [-0.4, -0.2) is 18.1 Å². The zero-order valence-corrected chi connectivity index (χ0v) is 7.86. The van der Waals surface area contributed by atoms with Crippen LogP contribution in [0.15, 0.2) is 5.38 Å². The third-order valence-corrected chi connectivity index (χ3v) is 2.57. The van der Waals surface area contributed by atoms with Crippen molar-refractivity contribution in [1.29, 1.82) is 0 Å². The number of thiazole rings is 1. The van der Waals surface area contributed by atoms with E-state index in [1.165, 1.54) is 12.8 Å². The quantitative estimate of drug-likeness (QED) is 0.775. The Morgan fingerprint density at radius 3 is 3.25 bits per heavy atom. The Balaban J connectivity index is 1.92. The molecule has 1 aliphatic carbocycles. The summed E-state index contributed by atoms with van der Waals surface area (Å²) in [6.45, 7) is 0.614. The van der Waals surface area contributed by atoms with Gasteiger partial charge < -0.3 is 10.1 Å². The molecule has 0 amide bonds. The molecule has 0 radical (unpaired) electrons. The summed E-state index contributed by atoms with van der Waals surface area (Å²) in [4.78, 5) is 4.36. The number of hydrogen-bond donors (Lipinski definition) is 1. The number of anilines is 1. The minimum absolute atomic E-state index is 0.614. The number of methoxy groups -OCH3 is 1. The van der Waals surface area contributed by atoms with Crippen molar-refractivity contribution in [2.75, 3.05) is 12.4 Å². The Morgan fingerprint density at radius 1 is 1.75 bits per heavy atom. The first-order valence-corrected chi connectivity index (χ1v) is 4.96. The van der Waals surface area contributed by atoms with E-state index in [9.17, 15) is 0 Å². The smallest absolute Gasteiger partial charge is 0.183 e. The summed E-state index contributed by atoms with van der Waals surface area (Å²) < 4.78 is 4.98. The average molecular weight is 184 g/mol. The number of ether oxygens (including phenoxy) is 1. The molecule has 0 bridgehead atoms. The van der Waals surface area contributed by atoms with Crippen LogP contribution in [0.5, 0.6) is 0 Å². The SMILES string of the molecule is COCc1csc(NC2CC2)n1. The summed E-state index contributed by atoms with van der Waals surface area (Å²) >= 11 is 1.66. The first-order chi connectivity index (χ1) is 5.88. The lowest BCUT2D eigenvalue weighted by molar-refractivity contribution is 0.182. The topological polar surface area (TPSA) is 34.1 Å². The first kappa shape index (κ1) is 8.01. The van der Waals surface area contributed by atoms with Gasteiger partial charge in [-0.15, -0.1) is 11.3 Å². The van der Waals surface area contributed by atoms with Gasteiger partial charge >= 0.3 is 0 Å². The molecule has 0 atom stereocenters. The van der Waals surface area contributed by atoms with Gasteiger partial charge in [-0.25, -0.2) is 4.98 Å². The Bertz CT molecular complexity index is 257. The Morgan fingerprint density at radius 2 is 2.58 bits per heavy atom. The molecule has 1 aromatic rings. The Hall–Kier alpha value is -0.610. The second-order valence-corrected chi connectivity index (χ2v) is 3.85. The highest BCUT2D eigenvalue weighted by molar-refractivity contribution is 7.13. The van der Waals surface area contributed by atoms with Gasteiger partial charge in [-0.2, -0.15) is 0 Å². The number of aromatic nitrogens is 1. The summed E-state index contributed by atoms with van der Waals surface area (Å²) in [5.74, 6) is 0. The molecule has 2 rings (SSSR count). The molecule has 66 valence electrons. The highest BCUT2D eigenvalue weighted by Gasteiger charge is 2.21. The predicted molar refractivity (Wildman–Crippen MR) is 49.5 cm³/mol. The van der Waals surface area contributed by atoms with Crippen LogP contribution < -0.4 is 5.32 Å². The molecule has 1 saturated carbocycles. The van der Waals surface area contributed by atoms with Crippen molar-refractivity contribution in [2.45, 2.75) is 25.5 Å². The molecule has 1 N–H and O–H groups in total. The van der Waals surface area contributed by atoms with E-state index in [1.807, 2.05) is 5.38 Å². The van der Waals surface area contributed by atoms with Crippen molar-refractivity contribution < 1.29 is 4.74 Å². The van der Waals surface area contributed by atoms with Gasteiger partial charge in [0.05, 0.1) is 12.3 Å². The van der Waals surface area contributed by atoms with Crippen LogP contribution in [0.2, 0.25) is 0 Å². The number of nitrogens with one attached hydrogen (secondary N) is 1. The fourth-order valence-corrected chi connectivity index (χ4v) is 1.76. The van der Waals surface area contributed by atoms with Gasteiger partial charge in [-0.1, -0.05) is 0 Å². The Kier molecular flexibility index (Phi) is 2.28. The van der Waals surface area contributed by atoms with Crippen molar-refractivity contribution in [3.05, 3.63) is 11.1 Å². The third-order valence-electron chi connectivity index (χ3n) is 1.75. The highest BCUT2D eigenvalue weighted by atomic mass is 32.1. The van der Waals surface area contributed by atoms with E-state index in [-0.39, 0.29) is 0 Å². The molecule has 3 nitrogen and oxygen atoms in total. The molecule has 0 aromatic carbocycles. The molecular formula is C8H12N2OS. The predicted octanol–water partition coefficient (Wildman–Crippen LogP) is 1.86. The molecule has 0 unspecified atom stereocenters. The molecule has 4 heteroatoms.